The summed E-state index contributed by atoms with van der Waals surface area (Å²) in [7, 11) is 2.15. The summed E-state index contributed by atoms with van der Waals surface area (Å²) in [5, 5.41) is 0. The molecule has 2 nitrogen and oxygen atoms in total. The molecule has 3 rings (SSSR count). The van der Waals surface area contributed by atoms with Crippen molar-refractivity contribution < 1.29 is 4.57 Å². The van der Waals surface area contributed by atoms with Crippen molar-refractivity contribution in [1.82, 2.24) is 4.57 Å². The van der Waals surface area contributed by atoms with E-state index >= 15 is 0 Å². The van der Waals surface area contributed by atoms with Gasteiger partial charge in [-0.2, -0.15) is 4.57 Å². The second-order valence-corrected chi connectivity index (χ2v) is 8.44. The number of aryl methyl sites for hydroxylation is 1. The maximum atomic E-state index is 2.41. The van der Waals surface area contributed by atoms with E-state index in [0.29, 0.717) is 17.8 Å². The minimum absolute atomic E-state index is 0.472. The molecule has 0 radical (unpaired) electrons. The van der Waals surface area contributed by atoms with Crippen molar-refractivity contribution >= 4 is 0 Å². The molecule has 0 saturated carbocycles. The molecule has 0 unspecified atom stereocenters. The first-order valence-corrected chi connectivity index (χ1v) is 10.1. The maximum Gasteiger partial charge on any atom is 0.294 e. The van der Waals surface area contributed by atoms with Crippen molar-refractivity contribution in [3.8, 4) is 17.1 Å². The summed E-state index contributed by atoms with van der Waals surface area (Å²) in [6.07, 6.45) is 4.40. The molecule has 27 heavy (non-hydrogen) atoms. The van der Waals surface area contributed by atoms with Gasteiger partial charge in [0.25, 0.3) is 5.82 Å². The average molecular weight is 362 g/mol. The standard InChI is InChI=1S/C25H33N2/c1-17(2)20-11-8-9-12-23(20)25-26(7)15-16-27(25)24-21(18(3)4)13-10-14-22(24)19(5)6/h8-19H,1-7H3/q+1. The van der Waals surface area contributed by atoms with Gasteiger partial charge in [0.1, 0.15) is 18.1 Å². The van der Waals surface area contributed by atoms with Crippen LogP contribution in [0.15, 0.2) is 54.9 Å². The van der Waals surface area contributed by atoms with Crippen molar-refractivity contribution in [3.63, 3.8) is 0 Å². The lowest BCUT2D eigenvalue weighted by Crippen LogP contribution is -2.29. The summed E-state index contributed by atoms with van der Waals surface area (Å²) in [5.74, 6) is 2.67. The van der Waals surface area contributed by atoms with E-state index in [1.807, 2.05) is 0 Å². The predicted molar refractivity (Wildman–Crippen MR) is 115 cm³/mol. The van der Waals surface area contributed by atoms with Crippen LogP contribution < -0.4 is 4.57 Å². The number of hydrogen-bond acceptors (Lipinski definition) is 0. The van der Waals surface area contributed by atoms with E-state index in [1.165, 1.54) is 33.8 Å². The van der Waals surface area contributed by atoms with E-state index in [4.69, 9.17) is 0 Å². The summed E-state index contributed by atoms with van der Waals surface area (Å²) in [5.41, 5.74) is 6.85. The van der Waals surface area contributed by atoms with E-state index in [2.05, 4.69) is 113 Å². The van der Waals surface area contributed by atoms with Crippen molar-refractivity contribution in [2.75, 3.05) is 0 Å². The Hall–Kier alpha value is -2.35. The summed E-state index contributed by atoms with van der Waals surface area (Å²) < 4.78 is 4.66. The number of imidazole rings is 1. The topological polar surface area (TPSA) is 8.81 Å². The van der Waals surface area contributed by atoms with Gasteiger partial charge in [-0.05, 0) is 29.4 Å². The molecule has 0 bridgehead atoms. The van der Waals surface area contributed by atoms with E-state index in [1.54, 1.807) is 0 Å². The molecule has 0 N–H and O–H groups in total. The van der Waals surface area contributed by atoms with E-state index in [9.17, 15) is 0 Å². The molecule has 0 aliphatic carbocycles. The minimum atomic E-state index is 0.472. The fourth-order valence-corrected chi connectivity index (χ4v) is 3.97. The highest BCUT2D eigenvalue weighted by Gasteiger charge is 2.27. The van der Waals surface area contributed by atoms with Crippen molar-refractivity contribution in [1.29, 1.82) is 0 Å². The van der Waals surface area contributed by atoms with Crippen molar-refractivity contribution in [3.05, 3.63) is 71.5 Å². The second kappa shape index (κ2) is 7.72. The molecule has 0 amide bonds. The van der Waals surface area contributed by atoms with Gasteiger partial charge in [-0.25, -0.2) is 4.57 Å². The summed E-state index contributed by atoms with van der Waals surface area (Å²) in [6, 6.07) is 15.6. The average Bonchev–Trinajstić information content (AvgIpc) is 3.01. The highest BCUT2D eigenvalue weighted by atomic mass is 15.1. The number of hydrogen-bond donors (Lipinski definition) is 0. The molecule has 0 spiro atoms. The molecule has 3 aromatic rings. The SMILES string of the molecule is CC(C)c1ccccc1-c1n(-c2c(C(C)C)cccc2C(C)C)cc[n+]1C. The predicted octanol–water partition coefficient (Wildman–Crippen LogP) is 6.34. The molecular formula is C25H33N2+. The first-order chi connectivity index (χ1) is 12.8. The Kier molecular flexibility index (Phi) is 5.55. The minimum Gasteiger partial charge on any atom is -0.232 e. The highest BCUT2D eigenvalue weighted by molar-refractivity contribution is 5.64. The van der Waals surface area contributed by atoms with Gasteiger partial charge in [0.15, 0.2) is 0 Å². The zero-order valence-corrected chi connectivity index (χ0v) is 17.8. The quantitative estimate of drug-likeness (QED) is 0.469. The van der Waals surface area contributed by atoms with Crippen LogP contribution in [0.2, 0.25) is 0 Å². The number of rotatable bonds is 5. The normalized spacial score (nSPS) is 11.8. The number of aromatic nitrogens is 2. The first kappa shape index (κ1) is 19.4. The molecule has 1 heterocycles. The summed E-state index contributed by atoms with van der Waals surface area (Å²) in [6.45, 7) is 13.7. The van der Waals surface area contributed by atoms with Crippen LogP contribution in [-0.2, 0) is 7.05 Å². The van der Waals surface area contributed by atoms with Crippen LogP contribution in [-0.4, -0.2) is 4.57 Å². The fraction of sp³-hybridized carbons (Fsp3) is 0.400. The zero-order chi connectivity index (χ0) is 19.7. The van der Waals surface area contributed by atoms with Gasteiger partial charge in [0.2, 0.25) is 0 Å². The molecular weight excluding hydrogens is 328 g/mol. The molecule has 0 aliphatic rings. The molecule has 0 saturated heterocycles. The van der Waals surface area contributed by atoms with Gasteiger partial charge in [0, 0.05) is 11.1 Å². The Bertz CT molecular complexity index is 903. The van der Waals surface area contributed by atoms with Gasteiger partial charge in [-0.1, -0.05) is 77.9 Å². The number of nitrogens with zero attached hydrogens (tertiary/aromatic N) is 2. The third-order valence-electron chi connectivity index (χ3n) is 5.41. The largest absolute Gasteiger partial charge is 0.294 e. The molecule has 2 heteroatoms. The Morgan fingerprint density at radius 2 is 1.22 bits per heavy atom. The van der Waals surface area contributed by atoms with Gasteiger partial charge >= 0.3 is 0 Å². The lowest BCUT2D eigenvalue weighted by atomic mass is 9.92. The van der Waals surface area contributed by atoms with Gasteiger partial charge in [0.05, 0.1) is 12.6 Å². The van der Waals surface area contributed by atoms with E-state index in [-0.39, 0.29) is 0 Å². The lowest BCUT2D eigenvalue weighted by Gasteiger charge is -2.18. The summed E-state index contributed by atoms with van der Waals surface area (Å²) in [4.78, 5) is 0. The molecule has 142 valence electrons. The van der Waals surface area contributed by atoms with Gasteiger partial charge < -0.3 is 0 Å². The Balaban J connectivity index is 2.35. The van der Waals surface area contributed by atoms with Crippen LogP contribution in [0.5, 0.6) is 0 Å². The molecule has 2 aromatic carbocycles. The smallest absolute Gasteiger partial charge is 0.232 e. The second-order valence-electron chi connectivity index (χ2n) is 8.44. The van der Waals surface area contributed by atoms with Gasteiger partial charge in [-0.3, -0.25) is 0 Å². The number of benzene rings is 2. The lowest BCUT2D eigenvalue weighted by molar-refractivity contribution is -0.659. The highest BCUT2D eigenvalue weighted by Crippen LogP contribution is 2.35. The molecule has 1 aromatic heterocycles. The fourth-order valence-electron chi connectivity index (χ4n) is 3.97. The zero-order valence-electron chi connectivity index (χ0n) is 17.8. The van der Waals surface area contributed by atoms with Crippen LogP contribution in [0.25, 0.3) is 17.1 Å². The van der Waals surface area contributed by atoms with E-state index < -0.39 is 0 Å². The Morgan fingerprint density at radius 3 is 1.78 bits per heavy atom. The monoisotopic (exact) mass is 361 g/mol. The maximum absolute atomic E-state index is 2.41. The van der Waals surface area contributed by atoms with Gasteiger partial charge in [-0.15, -0.1) is 0 Å². The molecule has 0 aliphatic heterocycles. The van der Waals surface area contributed by atoms with Crippen LogP contribution in [0.4, 0.5) is 0 Å². The van der Waals surface area contributed by atoms with Crippen LogP contribution in [0.1, 0.15) is 76.0 Å². The van der Waals surface area contributed by atoms with Crippen LogP contribution in [0, 0.1) is 0 Å². The third-order valence-corrected chi connectivity index (χ3v) is 5.41. The first-order valence-electron chi connectivity index (χ1n) is 10.1. The van der Waals surface area contributed by atoms with Crippen molar-refractivity contribution in [2.45, 2.75) is 59.3 Å². The third kappa shape index (κ3) is 3.58. The van der Waals surface area contributed by atoms with Crippen LogP contribution >= 0.6 is 0 Å². The van der Waals surface area contributed by atoms with Crippen LogP contribution in [0.3, 0.4) is 0 Å². The van der Waals surface area contributed by atoms with Crippen molar-refractivity contribution in [2.24, 2.45) is 7.05 Å². The Morgan fingerprint density at radius 1 is 0.704 bits per heavy atom. The van der Waals surface area contributed by atoms with E-state index in [0.717, 1.165) is 0 Å². The molecule has 0 fully saturated rings. The molecule has 0 atom stereocenters. The Labute approximate surface area is 164 Å². The number of para-hydroxylation sites is 1. The summed E-state index contributed by atoms with van der Waals surface area (Å²) >= 11 is 0.